The molecule has 2 rings (SSSR count). The second kappa shape index (κ2) is 5.03. The van der Waals surface area contributed by atoms with Gasteiger partial charge in [0, 0.05) is 17.8 Å². The lowest BCUT2D eigenvalue weighted by Crippen LogP contribution is -2.39. The van der Waals surface area contributed by atoms with Gasteiger partial charge >= 0.3 is 0 Å². The van der Waals surface area contributed by atoms with Crippen LogP contribution in [-0.2, 0) is 6.42 Å². The maximum absolute atomic E-state index is 4.32. The molecule has 1 N–H and O–H groups in total. The molecule has 0 aliphatic heterocycles. The minimum Gasteiger partial charge on any atom is -0.367 e. The van der Waals surface area contributed by atoms with E-state index in [4.69, 9.17) is 0 Å². The predicted molar refractivity (Wildman–Crippen MR) is 71.1 cm³/mol. The Balaban J connectivity index is 2.08. The monoisotopic (exact) mass is 233 g/mol. The molecular weight excluding hydrogens is 210 g/mol. The van der Waals surface area contributed by atoms with Crippen LogP contribution < -0.4 is 5.32 Å². The van der Waals surface area contributed by atoms with Gasteiger partial charge in [-0.3, -0.25) is 0 Å². The van der Waals surface area contributed by atoms with Crippen molar-refractivity contribution in [2.45, 2.75) is 58.9 Å². The molecule has 1 fully saturated rings. The molecule has 0 bridgehead atoms. The fourth-order valence-corrected chi connectivity index (χ4v) is 2.61. The highest BCUT2D eigenvalue weighted by Crippen LogP contribution is 2.36. The largest absolute Gasteiger partial charge is 0.367 e. The van der Waals surface area contributed by atoms with Crippen molar-refractivity contribution in [3.63, 3.8) is 0 Å². The topological polar surface area (TPSA) is 37.8 Å². The molecule has 1 aromatic rings. The van der Waals surface area contributed by atoms with Crippen molar-refractivity contribution in [2.75, 3.05) is 5.32 Å². The number of aryl methyl sites for hydroxylation is 1. The van der Waals surface area contributed by atoms with E-state index in [0.717, 1.165) is 17.9 Å². The van der Waals surface area contributed by atoms with E-state index >= 15 is 0 Å². The van der Waals surface area contributed by atoms with Gasteiger partial charge in [-0.25, -0.2) is 9.97 Å². The molecule has 1 aliphatic carbocycles. The van der Waals surface area contributed by atoms with Gasteiger partial charge in [-0.05, 0) is 24.7 Å². The van der Waals surface area contributed by atoms with Gasteiger partial charge in [0.15, 0.2) is 0 Å². The summed E-state index contributed by atoms with van der Waals surface area (Å²) in [6, 6.07) is 2.61. The van der Waals surface area contributed by atoms with Gasteiger partial charge in [-0.2, -0.15) is 0 Å². The third-order valence-corrected chi connectivity index (χ3v) is 3.92. The Kier molecular flexibility index (Phi) is 3.65. The van der Waals surface area contributed by atoms with Crippen LogP contribution in [0.2, 0.25) is 0 Å². The fourth-order valence-electron chi connectivity index (χ4n) is 2.61. The summed E-state index contributed by atoms with van der Waals surface area (Å²) in [6.45, 7) is 6.83. The number of hydrogen-bond acceptors (Lipinski definition) is 3. The molecule has 0 spiro atoms. The lowest BCUT2D eigenvalue weighted by Gasteiger charge is -2.39. The quantitative estimate of drug-likeness (QED) is 0.869. The molecule has 1 aliphatic rings. The summed E-state index contributed by atoms with van der Waals surface area (Å²) in [4.78, 5) is 8.56. The molecule has 0 amide bonds. The van der Waals surface area contributed by atoms with Crippen molar-refractivity contribution in [1.82, 2.24) is 9.97 Å². The zero-order valence-corrected chi connectivity index (χ0v) is 11.2. The summed E-state index contributed by atoms with van der Waals surface area (Å²) in [5.41, 5.74) is 1.48. The molecular formula is C14H23N3. The van der Waals surface area contributed by atoms with Crippen LogP contribution in [0.5, 0.6) is 0 Å². The minimum atomic E-state index is 0.371. The fraction of sp³-hybridized carbons (Fsp3) is 0.714. The number of hydrogen-bond donors (Lipinski definition) is 1. The average Bonchev–Trinajstić information content (AvgIpc) is 2.32. The highest BCUT2D eigenvalue weighted by atomic mass is 15.0. The molecule has 17 heavy (non-hydrogen) atoms. The molecule has 0 aromatic carbocycles. The Morgan fingerprint density at radius 2 is 2.18 bits per heavy atom. The molecule has 1 aromatic heterocycles. The van der Waals surface area contributed by atoms with Crippen molar-refractivity contribution < 1.29 is 0 Å². The van der Waals surface area contributed by atoms with Crippen LogP contribution in [0.15, 0.2) is 12.4 Å². The molecule has 0 saturated heterocycles. The number of anilines is 1. The zero-order valence-electron chi connectivity index (χ0n) is 11.2. The van der Waals surface area contributed by atoms with E-state index in [2.05, 4.69) is 42.1 Å². The third kappa shape index (κ3) is 2.96. The summed E-state index contributed by atoms with van der Waals surface area (Å²) < 4.78 is 0. The highest BCUT2D eigenvalue weighted by Gasteiger charge is 2.32. The third-order valence-electron chi connectivity index (χ3n) is 3.92. The predicted octanol–water partition coefficient (Wildman–Crippen LogP) is 3.42. The van der Waals surface area contributed by atoms with Crippen molar-refractivity contribution >= 4 is 5.82 Å². The lowest BCUT2D eigenvalue weighted by molar-refractivity contribution is 0.216. The second-order valence-corrected chi connectivity index (χ2v) is 5.68. The van der Waals surface area contributed by atoms with Crippen LogP contribution in [0.4, 0.5) is 5.82 Å². The Bertz CT molecular complexity index is 373. The van der Waals surface area contributed by atoms with E-state index < -0.39 is 0 Å². The molecule has 1 atom stereocenters. The first-order chi connectivity index (χ1) is 8.12. The van der Waals surface area contributed by atoms with Crippen molar-refractivity contribution in [2.24, 2.45) is 5.41 Å². The number of aromatic nitrogens is 2. The SMILES string of the molecule is CCc1cc(NC2CCCCC2(C)C)ncn1. The molecule has 3 heteroatoms. The average molecular weight is 233 g/mol. The Labute approximate surface area is 104 Å². The Morgan fingerprint density at radius 3 is 2.88 bits per heavy atom. The van der Waals surface area contributed by atoms with E-state index in [-0.39, 0.29) is 0 Å². The lowest BCUT2D eigenvalue weighted by atomic mass is 9.73. The van der Waals surface area contributed by atoms with Crippen LogP contribution in [0, 0.1) is 5.41 Å². The van der Waals surface area contributed by atoms with Crippen molar-refractivity contribution in [3.8, 4) is 0 Å². The summed E-state index contributed by atoms with van der Waals surface area (Å²) in [5.74, 6) is 0.983. The number of nitrogens with one attached hydrogen (secondary N) is 1. The Morgan fingerprint density at radius 1 is 1.35 bits per heavy atom. The van der Waals surface area contributed by atoms with Gasteiger partial charge in [0.2, 0.25) is 0 Å². The van der Waals surface area contributed by atoms with E-state index in [0.29, 0.717) is 11.5 Å². The molecule has 94 valence electrons. The molecule has 1 saturated carbocycles. The smallest absolute Gasteiger partial charge is 0.129 e. The van der Waals surface area contributed by atoms with Gasteiger partial charge < -0.3 is 5.32 Å². The van der Waals surface area contributed by atoms with Gasteiger partial charge in [-0.15, -0.1) is 0 Å². The van der Waals surface area contributed by atoms with Gasteiger partial charge in [-0.1, -0.05) is 33.6 Å². The van der Waals surface area contributed by atoms with E-state index in [1.807, 2.05) is 0 Å². The van der Waals surface area contributed by atoms with Gasteiger partial charge in [0.1, 0.15) is 12.1 Å². The normalized spacial score (nSPS) is 23.4. The number of nitrogens with zero attached hydrogens (tertiary/aromatic N) is 2. The zero-order chi connectivity index (χ0) is 12.3. The molecule has 3 nitrogen and oxygen atoms in total. The highest BCUT2D eigenvalue weighted by molar-refractivity contribution is 5.36. The summed E-state index contributed by atoms with van der Waals surface area (Å²) in [6.07, 6.45) is 7.86. The maximum atomic E-state index is 4.32. The van der Waals surface area contributed by atoms with Crippen LogP contribution in [-0.4, -0.2) is 16.0 Å². The second-order valence-electron chi connectivity index (χ2n) is 5.68. The van der Waals surface area contributed by atoms with E-state index in [1.165, 1.54) is 25.7 Å². The van der Waals surface area contributed by atoms with Crippen molar-refractivity contribution in [3.05, 3.63) is 18.1 Å². The minimum absolute atomic E-state index is 0.371. The standard InChI is InChI=1S/C14H23N3/c1-4-11-9-13(16-10-15-11)17-12-7-5-6-8-14(12,2)3/h9-10,12H,4-8H2,1-3H3,(H,15,16,17). The Hall–Kier alpha value is -1.12. The maximum Gasteiger partial charge on any atom is 0.129 e. The van der Waals surface area contributed by atoms with Crippen molar-refractivity contribution in [1.29, 1.82) is 0 Å². The first kappa shape index (κ1) is 12.3. The van der Waals surface area contributed by atoms with Crippen LogP contribution in [0.3, 0.4) is 0 Å². The summed E-state index contributed by atoms with van der Waals surface area (Å²) >= 11 is 0. The van der Waals surface area contributed by atoms with E-state index in [1.54, 1.807) is 6.33 Å². The van der Waals surface area contributed by atoms with E-state index in [9.17, 15) is 0 Å². The molecule has 1 heterocycles. The van der Waals surface area contributed by atoms with Crippen LogP contribution >= 0.6 is 0 Å². The van der Waals surface area contributed by atoms with Crippen LogP contribution in [0.25, 0.3) is 0 Å². The molecule has 0 radical (unpaired) electrons. The summed E-state index contributed by atoms with van der Waals surface area (Å²) in [5, 5.41) is 3.59. The van der Waals surface area contributed by atoms with Crippen LogP contribution in [0.1, 0.15) is 52.1 Å². The summed E-state index contributed by atoms with van der Waals surface area (Å²) in [7, 11) is 0. The van der Waals surface area contributed by atoms with Gasteiger partial charge in [0.05, 0.1) is 0 Å². The number of rotatable bonds is 3. The first-order valence-electron chi connectivity index (χ1n) is 6.69. The van der Waals surface area contributed by atoms with Gasteiger partial charge in [0.25, 0.3) is 0 Å². The first-order valence-corrected chi connectivity index (χ1v) is 6.69. The molecule has 1 unspecified atom stereocenters.